The van der Waals surface area contributed by atoms with E-state index in [2.05, 4.69) is 15.6 Å². The number of carbonyl (C=O) groups excluding carboxylic acids is 2. The van der Waals surface area contributed by atoms with Crippen LogP contribution in [0.5, 0.6) is 11.5 Å². The number of halogens is 1. The fraction of sp³-hybridized carbons (Fsp3) is 0.214. The van der Waals surface area contributed by atoms with E-state index in [1.807, 2.05) is 48.7 Å². The second-order valence-electron chi connectivity index (χ2n) is 8.62. The third-order valence-corrected chi connectivity index (χ3v) is 6.15. The number of rotatable bonds is 8. The molecule has 0 fully saturated rings. The van der Waals surface area contributed by atoms with Gasteiger partial charge in [-0.2, -0.15) is 0 Å². The van der Waals surface area contributed by atoms with Gasteiger partial charge in [0.25, 0.3) is 5.91 Å². The summed E-state index contributed by atoms with van der Waals surface area (Å²) in [6.45, 7) is 1.43. The normalized spacial score (nSPS) is 13.2. The lowest BCUT2D eigenvalue weighted by Crippen LogP contribution is -2.48. The zero-order valence-corrected chi connectivity index (χ0v) is 19.6. The number of H-pyrrole nitrogens is 1. The molecule has 3 N–H and O–H groups in total. The van der Waals surface area contributed by atoms with Crippen molar-refractivity contribution in [2.24, 2.45) is 0 Å². The monoisotopic (exact) mass is 487 g/mol. The maximum atomic E-state index is 13.3. The summed E-state index contributed by atoms with van der Waals surface area (Å²) in [5.41, 5.74) is 3.15. The van der Waals surface area contributed by atoms with Crippen LogP contribution in [-0.4, -0.2) is 42.6 Å². The highest BCUT2D eigenvalue weighted by Crippen LogP contribution is 2.30. The van der Waals surface area contributed by atoms with Gasteiger partial charge in [-0.05, 0) is 60.0 Å². The van der Waals surface area contributed by atoms with Crippen molar-refractivity contribution in [1.29, 1.82) is 0 Å². The van der Waals surface area contributed by atoms with Crippen LogP contribution in [0.3, 0.4) is 0 Å². The molecule has 3 aromatic carbocycles. The molecule has 1 aliphatic rings. The first-order valence-electron chi connectivity index (χ1n) is 11.8. The van der Waals surface area contributed by atoms with Crippen LogP contribution in [0.15, 0.2) is 72.9 Å². The Kier molecular flexibility index (Phi) is 6.84. The molecule has 0 saturated heterocycles. The molecular weight excluding hydrogens is 461 g/mol. The molecule has 1 aromatic heterocycles. The lowest BCUT2D eigenvalue weighted by Gasteiger charge is -2.20. The Morgan fingerprint density at radius 2 is 1.75 bits per heavy atom. The summed E-state index contributed by atoms with van der Waals surface area (Å²) in [7, 11) is 0. The summed E-state index contributed by atoms with van der Waals surface area (Å²) in [6, 6.07) is 17.9. The van der Waals surface area contributed by atoms with Crippen molar-refractivity contribution < 1.29 is 23.5 Å². The molecule has 0 saturated carbocycles. The first-order chi connectivity index (χ1) is 17.6. The molecule has 7 nitrogen and oxygen atoms in total. The average molecular weight is 488 g/mol. The molecule has 8 heteroatoms. The summed E-state index contributed by atoms with van der Waals surface area (Å²) >= 11 is 0. The SMILES string of the molecule is O=C(N[C@H](Cc1c[nH]c2ccccc12)C(=O)NCCc1ccc2c(c1)OCCO2)c1ccc(F)cc1. The van der Waals surface area contributed by atoms with Gasteiger partial charge in [-0.15, -0.1) is 0 Å². The minimum atomic E-state index is -0.818. The zero-order chi connectivity index (χ0) is 24.9. The summed E-state index contributed by atoms with van der Waals surface area (Å²) < 4.78 is 24.5. The zero-order valence-electron chi connectivity index (χ0n) is 19.6. The topological polar surface area (TPSA) is 92.5 Å². The molecular formula is C28H26FN3O4. The van der Waals surface area contributed by atoms with Gasteiger partial charge >= 0.3 is 0 Å². The summed E-state index contributed by atoms with van der Waals surface area (Å²) in [5.74, 6) is 0.249. The van der Waals surface area contributed by atoms with Crippen molar-refractivity contribution in [1.82, 2.24) is 15.6 Å². The van der Waals surface area contributed by atoms with Gasteiger partial charge in [0.05, 0.1) is 0 Å². The van der Waals surface area contributed by atoms with Gasteiger partial charge in [0, 0.05) is 35.6 Å². The molecule has 184 valence electrons. The number of aromatic nitrogens is 1. The van der Waals surface area contributed by atoms with E-state index in [0.29, 0.717) is 38.3 Å². The standard InChI is InChI=1S/C28H26FN3O4/c29-21-8-6-19(7-9-21)27(33)32-24(16-20-17-31-23-4-2-1-3-22(20)23)28(34)30-12-11-18-5-10-25-26(15-18)36-14-13-35-25/h1-10,15,17,24,31H,11-14,16H2,(H,30,34)(H,32,33)/t24-/m1/s1. The number of aromatic amines is 1. The molecule has 0 unspecified atom stereocenters. The third kappa shape index (κ3) is 5.33. The second kappa shape index (κ2) is 10.5. The number of hydrogen-bond donors (Lipinski definition) is 3. The van der Waals surface area contributed by atoms with E-state index < -0.39 is 17.8 Å². The van der Waals surface area contributed by atoms with E-state index in [9.17, 15) is 14.0 Å². The predicted molar refractivity (Wildman–Crippen MR) is 134 cm³/mol. The predicted octanol–water partition coefficient (Wildman–Crippen LogP) is 3.78. The quantitative estimate of drug-likeness (QED) is 0.353. The Morgan fingerprint density at radius 3 is 2.58 bits per heavy atom. The molecule has 1 aliphatic heterocycles. The molecule has 0 spiro atoms. The van der Waals surface area contributed by atoms with Crippen LogP contribution in [0.2, 0.25) is 0 Å². The van der Waals surface area contributed by atoms with Crippen LogP contribution >= 0.6 is 0 Å². The van der Waals surface area contributed by atoms with E-state index in [4.69, 9.17) is 9.47 Å². The average Bonchev–Trinajstić information content (AvgIpc) is 3.31. The van der Waals surface area contributed by atoms with E-state index in [-0.39, 0.29) is 11.5 Å². The van der Waals surface area contributed by atoms with Crippen molar-refractivity contribution in [3.8, 4) is 11.5 Å². The number of carbonyl (C=O) groups is 2. The minimum Gasteiger partial charge on any atom is -0.486 e. The Bertz CT molecular complexity index is 1380. The number of hydrogen-bond acceptors (Lipinski definition) is 4. The van der Waals surface area contributed by atoms with Crippen LogP contribution in [0.25, 0.3) is 10.9 Å². The lowest BCUT2D eigenvalue weighted by molar-refractivity contribution is -0.122. The smallest absolute Gasteiger partial charge is 0.251 e. The number of fused-ring (bicyclic) bond motifs is 2. The van der Waals surface area contributed by atoms with Gasteiger partial charge in [0.15, 0.2) is 11.5 Å². The van der Waals surface area contributed by atoms with E-state index >= 15 is 0 Å². The van der Waals surface area contributed by atoms with Crippen molar-refractivity contribution in [2.45, 2.75) is 18.9 Å². The Morgan fingerprint density at radius 1 is 0.972 bits per heavy atom. The number of para-hydroxylation sites is 1. The van der Waals surface area contributed by atoms with Crippen LogP contribution in [-0.2, 0) is 17.6 Å². The van der Waals surface area contributed by atoms with Gasteiger partial charge in [-0.3, -0.25) is 9.59 Å². The van der Waals surface area contributed by atoms with Gasteiger partial charge in [-0.1, -0.05) is 24.3 Å². The van der Waals surface area contributed by atoms with Crippen molar-refractivity contribution >= 4 is 22.7 Å². The first-order valence-corrected chi connectivity index (χ1v) is 11.8. The highest BCUT2D eigenvalue weighted by atomic mass is 19.1. The van der Waals surface area contributed by atoms with Crippen molar-refractivity contribution in [3.63, 3.8) is 0 Å². The van der Waals surface area contributed by atoms with Gasteiger partial charge < -0.3 is 25.1 Å². The first kappa shape index (κ1) is 23.4. The van der Waals surface area contributed by atoms with E-state index in [1.54, 1.807) is 0 Å². The largest absolute Gasteiger partial charge is 0.486 e. The Labute approximate surface area is 207 Å². The number of ether oxygens (including phenoxy) is 2. The van der Waals surface area contributed by atoms with E-state index in [0.717, 1.165) is 27.8 Å². The fourth-order valence-corrected chi connectivity index (χ4v) is 4.27. The highest BCUT2D eigenvalue weighted by Gasteiger charge is 2.23. The fourth-order valence-electron chi connectivity index (χ4n) is 4.27. The third-order valence-electron chi connectivity index (χ3n) is 6.15. The second-order valence-corrected chi connectivity index (χ2v) is 8.62. The number of nitrogens with one attached hydrogen (secondary N) is 3. The van der Waals surface area contributed by atoms with E-state index in [1.165, 1.54) is 24.3 Å². The molecule has 2 amide bonds. The maximum absolute atomic E-state index is 13.3. The lowest BCUT2D eigenvalue weighted by atomic mass is 10.0. The Balaban J connectivity index is 1.28. The van der Waals surface area contributed by atoms with Crippen LogP contribution < -0.4 is 20.1 Å². The van der Waals surface area contributed by atoms with Crippen LogP contribution in [0, 0.1) is 5.82 Å². The molecule has 0 radical (unpaired) electrons. The van der Waals surface area contributed by atoms with Gasteiger partial charge in [0.1, 0.15) is 25.1 Å². The molecule has 0 aliphatic carbocycles. The van der Waals surface area contributed by atoms with Crippen molar-refractivity contribution in [2.75, 3.05) is 19.8 Å². The Hall–Kier alpha value is -4.33. The molecule has 2 heterocycles. The maximum Gasteiger partial charge on any atom is 0.251 e. The molecule has 36 heavy (non-hydrogen) atoms. The molecule has 5 rings (SSSR count). The summed E-state index contributed by atoms with van der Waals surface area (Å²) in [4.78, 5) is 29.3. The summed E-state index contributed by atoms with van der Waals surface area (Å²) in [6.07, 6.45) is 2.74. The minimum absolute atomic E-state index is 0.282. The number of benzene rings is 3. The molecule has 0 bridgehead atoms. The van der Waals surface area contributed by atoms with Crippen LogP contribution in [0.1, 0.15) is 21.5 Å². The van der Waals surface area contributed by atoms with Gasteiger partial charge in [0.2, 0.25) is 5.91 Å². The molecule has 4 aromatic rings. The van der Waals surface area contributed by atoms with Gasteiger partial charge in [-0.25, -0.2) is 4.39 Å². The summed E-state index contributed by atoms with van der Waals surface area (Å²) in [5, 5.41) is 6.75. The van der Waals surface area contributed by atoms with Crippen molar-refractivity contribution in [3.05, 3.63) is 95.4 Å². The van der Waals surface area contributed by atoms with Crippen LogP contribution in [0.4, 0.5) is 4.39 Å². The highest BCUT2D eigenvalue weighted by molar-refractivity contribution is 5.98. The number of amides is 2. The molecule has 1 atom stereocenters.